The Kier molecular flexibility index (Phi) is 5.82. The van der Waals surface area contributed by atoms with Crippen molar-refractivity contribution in [1.29, 1.82) is 0 Å². The van der Waals surface area contributed by atoms with Crippen LogP contribution < -0.4 is 10.6 Å². The third-order valence-corrected chi connectivity index (χ3v) is 2.64. The average Bonchev–Trinajstić information content (AvgIpc) is 2.33. The average molecular weight is 188 g/mol. The molecular weight excluding hydrogens is 168 g/mol. The Balaban J connectivity index is 2.04. The van der Waals surface area contributed by atoms with E-state index in [-0.39, 0.29) is 0 Å². The molecule has 2 N–H and O–H groups in total. The van der Waals surface area contributed by atoms with Gasteiger partial charge < -0.3 is 10.6 Å². The van der Waals surface area contributed by atoms with E-state index in [1.54, 1.807) is 0 Å². The van der Waals surface area contributed by atoms with Crippen molar-refractivity contribution in [2.45, 2.75) is 19.3 Å². The fourth-order valence-corrected chi connectivity index (χ4v) is 1.84. The zero-order valence-electron chi connectivity index (χ0n) is 7.68. The van der Waals surface area contributed by atoms with Crippen molar-refractivity contribution in [2.24, 2.45) is 5.92 Å². The van der Waals surface area contributed by atoms with Crippen molar-refractivity contribution in [3.8, 4) is 0 Å². The van der Waals surface area contributed by atoms with Gasteiger partial charge in [0.1, 0.15) is 0 Å². The number of thiol groups is 1. The second-order valence-corrected chi connectivity index (χ2v) is 3.92. The zero-order chi connectivity index (χ0) is 8.65. The smallest absolute Gasteiger partial charge is 0.00398 e. The molecule has 12 heavy (non-hydrogen) atoms. The molecule has 1 atom stereocenters. The van der Waals surface area contributed by atoms with Gasteiger partial charge in [-0.1, -0.05) is 0 Å². The maximum absolute atomic E-state index is 4.16. The first-order chi connectivity index (χ1) is 5.93. The quantitative estimate of drug-likeness (QED) is 0.451. The van der Waals surface area contributed by atoms with Crippen LogP contribution in [0.25, 0.3) is 0 Å². The van der Waals surface area contributed by atoms with Crippen molar-refractivity contribution in [1.82, 2.24) is 10.6 Å². The van der Waals surface area contributed by atoms with Gasteiger partial charge in [0, 0.05) is 12.3 Å². The highest BCUT2D eigenvalue weighted by atomic mass is 32.1. The number of hydrogen-bond donors (Lipinski definition) is 3. The highest BCUT2D eigenvalue weighted by Crippen LogP contribution is 2.11. The molecule has 0 aromatic rings. The Morgan fingerprint density at radius 3 is 3.08 bits per heavy atom. The normalized spacial score (nSPS) is 25.2. The van der Waals surface area contributed by atoms with E-state index >= 15 is 0 Å². The van der Waals surface area contributed by atoms with Gasteiger partial charge in [-0.2, -0.15) is 12.6 Å². The van der Waals surface area contributed by atoms with E-state index in [4.69, 9.17) is 0 Å². The molecule has 2 nitrogen and oxygen atoms in total. The van der Waals surface area contributed by atoms with Gasteiger partial charge in [0.15, 0.2) is 0 Å². The van der Waals surface area contributed by atoms with Crippen LogP contribution in [0.1, 0.15) is 19.3 Å². The van der Waals surface area contributed by atoms with Crippen molar-refractivity contribution >= 4 is 12.6 Å². The summed E-state index contributed by atoms with van der Waals surface area (Å²) in [6.45, 7) is 4.64. The summed E-state index contributed by atoms with van der Waals surface area (Å²) in [5.41, 5.74) is 0. The lowest BCUT2D eigenvalue weighted by Crippen LogP contribution is -2.25. The number of nitrogens with one attached hydrogen (secondary N) is 2. The summed E-state index contributed by atoms with van der Waals surface area (Å²) in [6.07, 6.45) is 4.05. The van der Waals surface area contributed by atoms with Crippen LogP contribution in [0.3, 0.4) is 0 Å². The molecule has 0 spiro atoms. The maximum atomic E-state index is 4.16. The highest BCUT2D eigenvalue weighted by Gasteiger charge is 2.10. The monoisotopic (exact) mass is 188 g/mol. The van der Waals surface area contributed by atoms with Crippen LogP contribution in [0, 0.1) is 5.92 Å². The Morgan fingerprint density at radius 1 is 1.33 bits per heavy atom. The van der Waals surface area contributed by atoms with Crippen molar-refractivity contribution in [3.63, 3.8) is 0 Å². The molecule has 3 heteroatoms. The molecule has 0 amide bonds. The largest absolute Gasteiger partial charge is 0.317 e. The summed E-state index contributed by atoms with van der Waals surface area (Å²) >= 11 is 4.16. The zero-order valence-corrected chi connectivity index (χ0v) is 8.58. The van der Waals surface area contributed by atoms with Crippen LogP contribution in [0.5, 0.6) is 0 Å². The second kappa shape index (κ2) is 6.75. The van der Waals surface area contributed by atoms with E-state index in [1.807, 2.05) is 0 Å². The lowest BCUT2D eigenvalue weighted by molar-refractivity contribution is 0.441. The molecule has 0 radical (unpaired) electrons. The van der Waals surface area contributed by atoms with Gasteiger partial charge in [-0.15, -0.1) is 0 Å². The van der Waals surface area contributed by atoms with Crippen molar-refractivity contribution in [2.75, 3.05) is 31.9 Å². The van der Waals surface area contributed by atoms with Crippen LogP contribution >= 0.6 is 12.6 Å². The Bertz CT molecular complexity index is 101. The summed E-state index contributed by atoms with van der Waals surface area (Å²) in [4.78, 5) is 0. The third-order valence-electron chi connectivity index (χ3n) is 2.42. The summed E-state index contributed by atoms with van der Waals surface area (Å²) in [7, 11) is 0. The number of hydrogen-bond acceptors (Lipinski definition) is 3. The maximum Gasteiger partial charge on any atom is 0.00398 e. The van der Waals surface area contributed by atoms with Crippen LogP contribution in [0.15, 0.2) is 0 Å². The predicted octanol–water partition coefficient (Wildman–Crippen LogP) is 0.895. The topological polar surface area (TPSA) is 24.1 Å². The molecule has 1 rings (SSSR count). The second-order valence-electron chi connectivity index (χ2n) is 3.47. The minimum atomic E-state index is 0.889. The standard InChI is InChI=1S/C9H20N2S/c12-7-6-11-8-9-2-1-4-10-5-3-9/h9-12H,1-8H2. The fourth-order valence-electron chi connectivity index (χ4n) is 1.68. The number of rotatable bonds is 4. The van der Waals surface area contributed by atoms with Crippen LogP contribution in [-0.2, 0) is 0 Å². The van der Waals surface area contributed by atoms with Gasteiger partial charge in [0.2, 0.25) is 0 Å². The first-order valence-corrected chi connectivity index (χ1v) is 5.59. The van der Waals surface area contributed by atoms with Gasteiger partial charge in [0.05, 0.1) is 0 Å². The van der Waals surface area contributed by atoms with Crippen molar-refractivity contribution < 1.29 is 0 Å². The van der Waals surface area contributed by atoms with Crippen LogP contribution in [0.2, 0.25) is 0 Å². The lowest BCUT2D eigenvalue weighted by atomic mass is 10.0. The predicted molar refractivity (Wildman–Crippen MR) is 56.9 cm³/mol. The molecule has 1 heterocycles. The molecule has 1 fully saturated rings. The van der Waals surface area contributed by atoms with Gasteiger partial charge in [-0.3, -0.25) is 0 Å². The lowest BCUT2D eigenvalue weighted by Gasteiger charge is -2.13. The first kappa shape index (κ1) is 10.4. The molecule has 0 aromatic carbocycles. The molecule has 0 aliphatic carbocycles. The molecule has 1 saturated heterocycles. The minimum absolute atomic E-state index is 0.889. The Labute approximate surface area is 80.9 Å². The van der Waals surface area contributed by atoms with E-state index < -0.39 is 0 Å². The molecule has 0 aromatic heterocycles. The SMILES string of the molecule is SCCNCC1CCCNCC1. The summed E-state index contributed by atoms with van der Waals surface area (Å²) in [6, 6.07) is 0. The molecule has 1 unspecified atom stereocenters. The highest BCUT2D eigenvalue weighted by molar-refractivity contribution is 7.80. The molecule has 0 bridgehead atoms. The Morgan fingerprint density at radius 2 is 2.25 bits per heavy atom. The van der Waals surface area contributed by atoms with Gasteiger partial charge in [-0.25, -0.2) is 0 Å². The minimum Gasteiger partial charge on any atom is -0.317 e. The van der Waals surface area contributed by atoms with E-state index in [1.165, 1.54) is 38.9 Å². The molecule has 1 aliphatic rings. The van der Waals surface area contributed by atoms with E-state index in [2.05, 4.69) is 23.3 Å². The van der Waals surface area contributed by atoms with Gasteiger partial charge >= 0.3 is 0 Å². The van der Waals surface area contributed by atoms with E-state index in [0.717, 1.165) is 18.2 Å². The van der Waals surface area contributed by atoms with E-state index in [0.29, 0.717) is 0 Å². The van der Waals surface area contributed by atoms with Gasteiger partial charge in [-0.05, 0) is 44.8 Å². The molecule has 72 valence electrons. The van der Waals surface area contributed by atoms with Crippen LogP contribution in [-0.4, -0.2) is 31.9 Å². The fraction of sp³-hybridized carbons (Fsp3) is 1.00. The Hall–Kier alpha value is 0.270. The first-order valence-electron chi connectivity index (χ1n) is 4.96. The van der Waals surface area contributed by atoms with Gasteiger partial charge in [0.25, 0.3) is 0 Å². The van der Waals surface area contributed by atoms with E-state index in [9.17, 15) is 0 Å². The summed E-state index contributed by atoms with van der Waals surface area (Å²) < 4.78 is 0. The van der Waals surface area contributed by atoms with Crippen molar-refractivity contribution in [3.05, 3.63) is 0 Å². The molecule has 0 saturated carbocycles. The van der Waals surface area contributed by atoms with Crippen LogP contribution in [0.4, 0.5) is 0 Å². The summed E-state index contributed by atoms with van der Waals surface area (Å²) in [5.74, 6) is 1.84. The summed E-state index contributed by atoms with van der Waals surface area (Å²) in [5, 5.41) is 6.85. The molecular formula is C9H20N2S. The third kappa shape index (κ3) is 4.33. The molecule has 1 aliphatic heterocycles.